The van der Waals surface area contributed by atoms with Crippen molar-refractivity contribution in [3.8, 4) is 5.88 Å². The number of nitrogens with one attached hydrogen (secondary N) is 1. The molecule has 3 rings (SSSR count). The standard InChI is InChI=1S/C16H14N2O3/c1-20-15-7-6-11(9-17-15)10-18-16(19)14-8-12-4-2-3-5-13(12)21-14/h2-9H,10H2,1H3,(H,18,19). The first-order valence-corrected chi connectivity index (χ1v) is 6.52. The van der Waals surface area contributed by atoms with Crippen LogP contribution in [0.3, 0.4) is 0 Å². The molecule has 1 N–H and O–H groups in total. The van der Waals surface area contributed by atoms with E-state index in [2.05, 4.69) is 10.3 Å². The number of para-hydroxylation sites is 1. The lowest BCUT2D eigenvalue weighted by atomic mass is 10.2. The van der Waals surface area contributed by atoms with Gasteiger partial charge in [-0.25, -0.2) is 4.98 Å². The van der Waals surface area contributed by atoms with Crippen molar-refractivity contribution in [3.63, 3.8) is 0 Å². The first-order valence-electron chi connectivity index (χ1n) is 6.52. The summed E-state index contributed by atoms with van der Waals surface area (Å²) in [6.07, 6.45) is 1.66. The number of amides is 1. The predicted octanol–water partition coefficient (Wildman–Crippen LogP) is 2.77. The molecular formula is C16H14N2O3. The van der Waals surface area contributed by atoms with Gasteiger partial charge in [-0.1, -0.05) is 24.3 Å². The van der Waals surface area contributed by atoms with Crippen molar-refractivity contribution in [1.82, 2.24) is 10.3 Å². The Bertz CT molecular complexity index is 730. The summed E-state index contributed by atoms with van der Waals surface area (Å²) in [5.74, 6) is 0.599. The van der Waals surface area contributed by atoms with E-state index in [1.54, 1.807) is 25.4 Å². The Balaban J connectivity index is 1.68. The molecule has 0 bridgehead atoms. The summed E-state index contributed by atoms with van der Waals surface area (Å²) in [4.78, 5) is 16.1. The van der Waals surface area contributed by atoms with Gasteiger partial charge in [0.25, 0.3) is 5.91 Å². The fourth-order valence-electron chi connectivity index (χ4n) is 2.00. The smallest absolute Gasteiger partial charge is 0.287 e. The Kier molecular flexibility index (Phi) is 3.55. The lowest BCUT2D eigenvalue weighted by molar-refractivity contribution is 0.0925. The third-order valence-corrected chi connectivity index (χ3v) is 3.11. The van der Waals surface area contributed by atoms with Gasteiger partial charge in [0.05, 0.1) is 7.11 Å². The number of carbonyl (C=O) groups excluding carboxylic acids is 1. The van der Waals surface area contributed by atoms with Crippen molar-refractivity contribution in [1.29, 1.82) is 0 Å². The van der Waals surface area contributed by atoms with E-state index in [-0.39, 0.29) is 5.91 Å². The van der Waals surface area contributed by atoms with Gasteiger partial charge in [0, 0.05) is 24.2 Å². The second kappa shape index (κ2) is 5.66. The lowest BCUT2D eigenvalue weighted by Gasteiger charge is -2.04. The summed E-state index contributed by atoms with van der Waals surface area (Å²) in [6, 6.07) is 12.9. The minimum atomic E-state index is -0.248. The van der Waals surface area contributed by atoms with E-state index < -0.39 is 0 Å². The molecule has 3 aromatic rings. The van der Waals surface area contributed by atoms with E-state index in [4.69, 9.17) is 9.15 Å². The number of aromatic nitrogens is 1. The molecule has 0 saturated heterocycles. The maximum Gasteiger partial charge on any atom is 0.287 e. The van der Waals surface area contributed by atoms with E-state index in [1.165, 1.54) is 0 Å². The molecule has 106 valence electrons. The summed E-state index contributed by atoms with van der Waals surface area (Å²) >= 11 is 0. The molecule has 5 heteroatoms. The number of hydrogen-bond donors (Lipinski definition) is 1. The first-order chi connectivity index (χ1) is 10.3. The maximum atomic E-state index is 12.1. The zero-order chi connectivity index (χ0) is 14.7. The Morgan fingerprint density at radius 2 is 2.14 bits per heavy atom. The number of nitrogens with zero attached hydrogens (tertiary/aromatic N) is 1. The quantitative estimate of drug-likeness (QED) is 0.799. The predicted molar refractivity (Wildman–Crippen MR) is 78.2 cm³/mol. The molecular weight excluding hydrogens is 268 g/mol. The Morgan fingerprint density at radius 1 is 1.29 bits per heavy atom. The van der Waals surface area contributed by atoms with Gasteiger partial charge in [0.15, 0.2) is 5.76 Å². The number of pyridine rings is 1. The Labute approximate surface area is 121 Å². The summed E-state index contributed by atoms with van der Waals surface area (Å²) in [7, 11) is 1.56. The minimum Gasteiger partial charge on any atom is -0.481 e. The molecule has 2 heterocycles. The van der Waals surface area contributed by atoms with Gasteiger partial charge in [0.1, 0.15) is 5.58 Å². The third-order valence-electron chi connectivity index (χ3n) is 3.11. The zero-order valence-corrected chi connectivity index (χ0v) is 11.5. The van der Waals surface area contributed by atoms with E-state index >= 15 is 0 Å². The molecule has 0 saturated carbocycles. The van der Waals surface area contributed by atoms with Gasteiger partial charge < -0.3 is 14.5 Å². The number of benzene rings is 1. The second-order valence-corrected chi connectivity index (χ2v) is 4.54. The summed E-state index contributed by atoms with van der Waals surface area (Å²) in [5, 5.41) is 3.71. The molecule has 0 radical (unpaired) electrons. The van der Waals surface area contributed by atoms with E-state index in [0.29, 0.717) is 23.8 Å². The minimum absolute atomic E-state index is 0.248. The molecule has 0 aliphatic heterocycles. The molecule has 1 amide bonds. The summed E-state index contributed by atoms with van der Waals surface area (Å²) in [6.45, 7) is 0.382. The SMILES string of the molecule is COc1ccc(CNC(=O)c2cc3ccccc3o2)cn1. The van der Waals surface area contributed by atoms with Gasteiger partial charge >= 0.3 is 0 Å². The average Bonchev–Trinajstić information content (AvgIpc) is 2.97. The second-order valence-electron chi connectivity index (χ2n) is 4.54. The van der Waals surface area contributed by atoms with Gasteiger partial charge in [-0.2, -0.15) is 0 Å². The van der Waals surface area contributed by atoms with E-state index in [1.807, 2.05) is 30.3 Å². The maximum absolute atomic E-state index is 12.1. The zero-order valence-electron chi connectivity index (χ0n) is 11.5. The highest BCUT2D eigenvalue weighted by molar-refractivity contribution is 5.95. The van der Waals surface area contributed by atoms with Crippen molar-refractivity contribution < 1.29 is 13.9 Å². The van der Waals surface area contributed by atoms with Crippen LogP contribution in [0.2, 0.25) is 0 Å². The molecule has 21 heavy (non-hydrogen) atoms. The molecule has 5 nitrogen and oxygen atoms in total. The first kappa shape index (κ1) is 13.2. The largest absolute Gasteiger partial charge is 0.481 e. The molecule has 0 fully saturated rings. The van der Waals surface area contributed by atoms with Crippen LogP contribution in [0, 0.1) is 0 Å². The monoisotopic (exact) mass is 282 g/mol. The summed E-state index contributed by atoms with van der Waals surface area (Å²) in [5.41, 5.74) is 1.59. The fourth-order valence-corrected chi connectivity index (χ4v) is 2.00. The van der Waals surface area contributed by atoms with E-state index in [9.17, 15) is 4.79 Å². The average molecular weight is 282 g/mol. The number of ether oxygens (including phenoxy) is 1. The molecule has 0 spiro atoms. The van der Waals surface area contributed by atoms with Crippen molar-refractivity contribution >= 4 is 16.9 Å². The third kappa shape index (κ3) is 2.86. The van der Waals surface area contributed by atoms with Crippen LogP contribution in [-0.2, 0) is 6.54 Å². The lowest BCUT2D eigenvalue weighted by Crippen LogP contribution is -2.22. The number of fused-ring (bicyclic) bond motifs is 1. The van der Waals surface area contributed by atoms with Crippen LogP contribution in [0.25, 0.3) is 11.0 Å². The highest BCUT2D eigenvalue weighted by Crippen LogP contribution is 2.18. The molecule has 0 atom stereocenters. The van der Waals surface area contributed by atoms with Gasteiger partial charge in [0.2, 0.25) is 5.88 Å². The van der Waals surface area contributed by atoms with Crippen LogP contribution in [0.4, 0.5) is 0 Å². The van der Waals surface area contributed by atoms with Crippen LogP contribution in [0.5, 0.6) is 5.88 Å². The molecule has 0 unspecified atom stereocenters. The van der Waals surface area contributed by atoms with Gasteiger partial charge in [-0.05, 0) is 17.7 Å². The summed E-state index contributed by atoms with van der Waals surface area (Å²) < 4.78 is 10.5. The van der Waals surface area contributed by atoms with Crippen molar-refractivity contribution in [2.75, 3.05) is 7.11 Å². The Morgan fingerprint density at radius 3 is 2.86 bits per heavy atom. The van der Waals surface area contributed by atoms with Crippen molar-refractivity contribution in [3.05, 3.63) is 60.0 Å². The fraction of sp³-hybridized carbons (Fsp3) is 0.125. The number of furan rings is 1. The molecule has 0 aliphatic rings. The van der Waals surface area contributed by atoms with Crippen LogP contribution < -0.4 is 10.1 Å². The number of rotatable bonds is 4. The van der Waals surface area contributed by atoms with Gasteiger partial charge in [-0.3, -0.25) is 4.79 Å². The topological polar surface area (TPSA) is 64.4 Å². The molecule has 1 aromatic carbocycles. The van der Waals surface area contributed by atoms with E-state index in [0.717, 1.165) is 10.9 Å². The highest BCUT2D eigenvalue weighted by Gasteiger charge is 2.11. The van der Waals surface area contributed by atoms with Crippen LogP contribution >= 0.6 is 0 Å². The van der Waals surface area contributed by atoms with Crippen molar-refractivity contribution in [2.24, 2.45) is 0 Å². The highest BCUT2D eigenvalue weighted by atomic mass is 16.5. The van der Waals surface area contributed by atoms with Crippen molar-refractivity contribution in [2.45, 2.75) is 6.54 Å². The normalized spacial score (nSPS) is 10.5. The molecule has 2 aromatic heterocycles. The van der Waals surface area contributed by atoms with Crippen LogP contribution in [0.1, 0.15) is 16.1 Å². The van der Waals surface area contributed by atoms with Gasteiger partial charge in [-0.15, -0.1) is 0 Å². The number of methoxy groups -OCH3 is 1. The molecule has 0 aliphatic carbocycles. The number of hydrogen-bond acceptors (Lipinski definition) is 4. The van der Waals surface area contributed by atoms with Crippen LogP contribution in [-0.4, -0.2) is 18.0 Å². The van der Waals surface area contributed by atoms with Crippen LogP contribution in [0.15, 0.2) is 53.1 Å². The Hall–Kier alpha value is -2.82. The number of carbonyl (C=O) groups is 1.